The Morgan fingerprint density at radius 3 is 2.77 bits per heavy atom. The zero-order valence-electron chi connectivity index (χ0n) is 14.0. The minimum Gasteiger partial charge on any atom is -0.495 e. The number of halogens is 1. The molecule has 3 aromatic rings. The van der Waals surface area contributed by atoms with Gasteiger partial charge in [-0.25, -0.2) is 0 Å². The highest BCUT2D eigenvalue weighted by atomic mass is 35.5. The number of fused-ring (bicyclic) bond motifs is 1. The lowest BCUT2D eigenvalue weighted by atomic mass is 10.3. The van der Waals surface area contributed by atoms with Crippen LogP contribution in [0, 0.1) is 0 Å². The van der Waals surface area contributed by atoms with Gasteiger partial charge in [-0.15, -0.1) is 11.3 Å². The molecule has 1 aromatic carbocycles. The van der Waals surface area contributed by atoms with E-state index in [2.05, 4.69) is 4.99 Å². The van der Waals surface area contributed by atoms with Gasteiger partial charge in [-0.3, -0.25) is 9.59 Å². The van der Waals surface area contributed by atoms with E-state index in [0.29, 0.717) is 30.7 Å². The Morgan fingerprint density at radius 2 is 2.12 bits per heavy atom. The van der Waals surface area contributed by atoms with Gasteiger partial charge in [0.15, 0.2) is 4.80 Å². The lowest BCUT2D eigenvalue weighted by Gasteiger charge is -2.08. The predicted octanol–water partition coefficient (Wildman–Crippen LogP) is 3.73. The molecule has 26 heavy (non-hydrogen) atoms. The molecule has 0 saturated heterocycles. The molecule has 3 rings (SSSR count). The van der Waals surface area contributed by atoms with Crippen LogP contribution in [-0.2, 0) is 16.1 Å². The molecule has 0 spiro atoms. The van der Waals surface area contributed by atoms with Gasteiger partial charge in [-0.05, 0) is 30.5 Å². The monoisotopic (exact) mass is 410 g/mol. The molecule has 2 aromatic heterocycles. The molecule has 0 aliphatic carbocycles. The summed E-state index contributed by atoms with van der Waals surface area (Å²) in [4.78, 5) is 29.6. The maximum absolute atomic E-state index is 12.4. The molecular weight excluding hydrogens is 396 g/mol. The lowest BCUT2D eigenvalue weighted by Crippen LogP contribution is -2.23. The van der Waals surface area contributed by atoms with Crippen molar-refractivity contribution < 1.29 is 19.1 Å². The molecule has 0 bridgehead atoms. The van der Waals surface area contributed by atoms with Crippen molar-refractivity contribution in [2.24, 2.45) is 4.99 Å². The number of carbonyl (C=O) groups excluding carboxylic acids is 2. The Morgan fingerprint density at radius 1 is 1.31 bits per heavy atom. The van der Waals surface area contributed by atoms with Crippen molar-refractivity contribution >= 4 is 56.4 Å². The number of carbonyl (C=O) groups is 2. The molecule has 0 aliphatic rings. The molecule has 9 heteroatoms. The number of ether oxygens (including phenoxy) is 2. The van der Waals surface area contributed by atoms with E-state index in [-0.39, 0.29) is 19.1 Å². The number of esters is 1. The second-order valence-corrected chi connectivity index (χ2v) is 7.43. The number of aromatic nitrogens is 1. The van der Waals surface area contributed by atoms with Gasteiger partial charge in [-0.2, -0.15) is 4.99 Å². The first kappa shape index (κ1) is 18.6. The minimum atomic E-state index is -0.431. The zero-order chi connectivity index (χ0) is 18.7. The van der Waals surface area contributed by atoms with Crippen LogP contribution in [0.5, 0.6) is 5.75 Å². The molecule has 6 nitrogen and oxygen atoms in total. The first-order valence-electron chi connectivity index (χ1n) is 7.69. The number of thiazole rings is 1. The highest BCUT2D eigenvalue weighted by molar-refractivity contribution is 7.17. The fourth-order valence-electron chi connectivity index (χ4n) is 2.40. The van der Waals surface area contributed by atoms with Crippen LogP contribution in [0.1, 0.15) is 16.6 Å². The summed E-state index contributed by atoms with van der Waals surface area (Å²) >= 11 is 8.84. The number of thiophene rings is 1. The van der Waals surface area contributed by atoms with Gasteiger partial charge in [-0.1, -0.05) is 29.0 Å². The van der Waals surface area contributed by atoms with Crippen molar-refractivity contribution in [3.05, 3.63) is 44.3 Å². The summed E-state index contributed by atoms with van der Waals surface area (Å²) in [5, 5.41) is 2.30. The zero-order valence-corrected chi connectivity index (χ0v) is 16.4. The maximum Gasteiger partial charge on any atom is 0.326 e. The Kier molecular flexibility index (Phi) is 5.75. The van der Waals surface area contributed by atoms with Gasteiger partial charge in [0, 0.05) is 0 Å². The number of methoxy groups -OCH3 is 1. The largest absolute Gasteiger partial charge is 0.495 e. The summed E-state index contributed by atoms with van der Waals surface area (Å²) in [7, 11) is 1.53. The third kappa shape index (κ3) is 3.67. The summed E-state index contributed by atoms with van der Waals surface area (Å²) in [6.07, 6.45) is 0. The number of amides is 1. The third-order valence-corrected chi connectivity index (χ3v) is 5.88. The summed E-state index contributed by atoms with van der Waals surface area (Å²) < 4.78 is 12.7. The van der Waals surface area contributed by atoms with Crippen LogP contribution in [0.15, 0.2) is 34.6 Å². The first-order chi connectivity index (χ1) is 12.5. The highest BCUT2D eigenvalue weighted by Gasteiger charge is 2.18. The third-order valence-electron chi connectivity index (χ3n) is 3.48. The Labute approximate surface area is 162 Å². The van der Waals surface area contributed by atoms with Crippen LogP contribution in [0.3, 0.4) is 0 Å². The van der Waals surface area contributed by atoms with Crippen LogP contribution in [-0.4, -0.2) is 30.2 Å². The van der Waals surface area contributed by atoms with Gasteiger partial charge in [0.2, 0.25) is 0 Å². The van der Waals surface area contributed by atoms with Crippen molar-refractivity contribution in [3.63, 3.8) is 0 Å². The van der Waals surface area contributed by atoms with E-state index < -0.39 is 5.97 Å². The van der Waals surface area contributed by atoms with Crippen LogP contribution in [0.4, 0.5) is 0 Å². The number of rotatable bonds is 5. The van der Waals surface area contributed by atoms with E-state index in [1.165, 1.54) is 29.8 Å². The number of hydrogen-bond donors (Lipinski definition) is 0. The Hall–Kier alpha value is -2.16. The van der Waals surface area contributed by atoms with Gasteiger partial charge < -0.3 is 14.0 Å². The predicted molar refractivity (Wildman–Crippen MR) is 102 cm³/mol. The highest BCUT2D eigenvalue weighted by Crippen LogP contribution is 2.33. The van der Waals surface area contributed by atoms with Crippen molar-refractivity contribution in [1.29, 1.82) is 0 Å². The molecule has 0 N–H and O–H groups in total. The molecule has 136 valence electrons. The minimum absolute atomic E-state index is 0.0961. The number of hydrogen-bond acceptors (Lipinski definition) is 6. The van der Waals surface area contributed by atoms with Crippen molar-refractivity contribution in [2.75, 3.05) is 13.7 Å². The second-order valence-electron chi connectivity index (χ2n) is 5.10. The first-order valence-corrected chi connectivity index (χ1v) is 9.76. The number of benzene rings is 1. The summed E-state index contributed by atoms with van der Waals surface area (Å²) in [6, 6.07) is 6.90. The van der Waals surface area contributed by atoms with Crippen molar-refractivity contribution in [1.82, 2.24) is 4.57 Å². The standard InChI is InChI=1S/C17H15ClN2O4S2/c1-3-24-13(21)9-20-14-11(23-2)7-6-10(18)15(14)26-17(20)19-16(22)12-5-4-8-25-12/h4-8H,3,9H2,1-2H3. The van der Waals surface area contributed by atoms with Crippen LogP contribution in [0.25, 0.3) is 10.2 Å². The number of nitrogens with zero attached hydrogens (tertiary/aromatic N) is 2. The van der Waals surface area contributed by atoms with Crippen molar-refractivity contribution in [3.8, 4) is 5.75 Å². The van der Waals surface area contributed by atoms with Gasteiger partial charge in [0.05, 0.1) is 28.3 Å². The second kappa shape index (κ2) is 8.03. The molecule has 0 fully saturated rings. The molecule has 2 heterocycles. The van der Waals surface area contributed by atoms with Crippen LogP contribution >= 0.6 is 34.3 Å². The lowest BCUT2D eigenvalue weighted by molar-refractivity contribution is -0.143. The fraction of sp³-hybridized carbons (Fsp3) is 0.235. The van der Waals surface area contributed by atoms with Crippen LogP contribution < -0.4 is 9.54 Å². The molecule has 0 atom stereocenters. The van der Waals surface area contributed by atoms with E-state index in [0.717, 1.165) is 0 Å². The van der Waals surface area contributed by atoms with E-state index >= 15 is 0 Å². The van der Waals surface area contributed by atoms with E-state index in [1.54, 1.807) is 41.1 Å². The van der Waals surface area contributed by atoms with E-state index in [4.69, 9.17) is 21.1 Å². The van der Waals surface area contributed by atoms with Gasteiger partial charge in [0.1, 0.15) is 17.8 Å². The molecule has 0 aliphatic heterocycles. The Balaban J connectivity index is 2.22. The molecular formula is C17H15ClN2O4S2. The van der Waals surface area contributed by atoms with E-state index in [1.807, 2.05) is 0 Å². The fourth-order valence-corrected chi connectivity index (χ4v) is 4.32. The molecule has 1 amide bonds. The van der Waals surface area contributed by atoms with Gasteiger partial charge in [0.25, 0.3) is 5.91 Å². The normalized spacial score (nSPS) is 11.7. The summed E-state index contributed by atoms with van der Waals surface area (Å²) in [5.41, 5.74) is 0.607. The summed E-state index contributed by atoms with van der Waals surface area (Å²) in [6.45, 7) is 1.90. The van der Waals surface area contributed by atoms with E-state index in [9.17, 15) is 9.59 Å². The van der Waals surface area contributed by atoms with Crippen molar-refractivity contribution in [2.45, 2.75) is 13.5 Å². The molecule has 0 unspecified atom stereocenters. The van der Waals surface area contributed by atoms with Gasteiger partial charge >= 0.3 is 5.97 Å². The summed E-state index contributed by atoms with van der Waals surface area (Å²) in [5.74, 6) is -0.270. The topological polar surface area (TPSA) is 69.9 Å². The smallest absolute Gasteiger partial charge is 0.326 e. The SMILES string of the molecule is CCOC(=O)Cn1c(=NC(=O)c2cccs2)sc2c(Cl)ccc(OC)c21. The Bertz CT molecular complexity index is 1020. The average molecular weight is 411 g/mol. The maximum atomic E-state index is 12.4. The van der Waals surface area contributed by atoms with Crippen LogP contribution in [0.2, 0.25) is 5.02 Å². The molecule has 0 radical (unpaired) electrons. The average Bonchev–Trinajstić information content (AvgIpc) is 3.26. The molecule has 0 saturated carbocycles. The quantitative estimate of drug-likeness (QED) is 0.601.